The summed E-state index contributed by atoms with van der Waals surface area (Å²) in [6.07, 6.45) is 7.27. The van der Waals surface area contributed by atoms with Crippen LogP contribution in [0.2, 0.25) is 0 Å². The van der Waals surface area contributed by atoms with Gasteiger partial charge in [-0.1, -0.05) is 12.2 Å². The van der Waals surface area contributed by atoms with Crippen LogP contribution in [0.5, 0.6) is 0 Å². The van der Waals surface area contributed by atoms with E-state index in [4.69, 9.17) is 10.5 Å². The van der Waals surface area contributed by atoms with Crippen LogP contribution in [0.1, 0.15) is 39.0 Å². The molecule has 1 aliphatic carbocycles. The molecule has 0 aromatic carbocycles. The lowest BCUT2D eigenvalue weighted by Crippen LogP contribution is -2.60. The summed E-state index contributed by atoms with van der Waals surface area (Å²) in [4.78, 5) is 29.1. The maximum absolute atomic E-state index is 14.3. The second kappa shape index (κ2) is 13.7. The van der Waals surface area contributed by atoms with E-state index in [0.29, 0.717) is 56.1 Å². The SMILES string of the molecule is CN/C=C(\C=N)C1=CC2CCCN(C(=N)C3CN(C(C)=O)CCC3NC3CCN(CC(=O)O)CC3)C2C=C1C(F)F. The number of hydrogen-bond acceptors (Lipinski definition) is 7. The predicted octanol–water partition coefficient (Wildman–Crippen LogP) is 2.30. The average Bonchev–Trinajstić information content (AvgIpc) is 2.95. The highest BCUT2D eigenvalue weighted by atomic mass is 19.3. The van der Waals surface area contributed by atoms with Gasteiger partial charge in [-0.2, -0.15) is 0 Å². The van der Waals surface area contributed by atoms with Crippen LogP contribution in [-0.4, -0.2) is 115 Å². The molecule has 3 aliphatic heterocycles. The van der Waals surface area contributed by atoms with E-state index < -0.39 is 18.4 Å². The second-order valence-corrected chi connectivity index (χ2v) is 11.5. The largest absolute Gasteiger partial charge is 0.480 e. The first-order chi connectivity index (χ1) is 19.6. The van der Waals surface area contributed by atoms with E-state index in [9.17, 15) is 23.8 Å². The van der Waals surface area contributed by atoms with Gasteiger partial charge in [-0.05, 0) is 37.7 Å². The number of fused-ring (bicyclic) bond motifs is 1. The first kappa shape index (κ1) is 30.8. The van der Waals surface area contributed by atoms with Gasteiger partial charge < -0.3 is 30.9 Å². The average molecular weight is 576 g/mol. The summed E-state index contributed by atoms with van der Waals surface area (Å²) in [5.74, 6) is -0.869. The molecule has 41 heavy (non-hydrogen) atoms. The number of carboxylic acids is 1. The highest BCUT2D eigenvalue weighted by molar-refractivity contribution is 5.86. The van der Waals surface area contributed by atoms with E-state index in [2.05, 4.69) is 10.6 Å². The number of nitrogens with one attached hydrogen (secondary N) is 4. The fourth-order valence-corrected chi connectivity index (χ4v) is 6.79. The Morgan fingerprint density at radius 1 is 1.15 bits per heavy atom. The lowest BCUT2D eigenvalue weighted by molar-refractivity contribution is -0.138. The zero-order valence-corrected chi connectivity index (χ0v) is 23.9. The molecule has 226 valence electrons. The number of nitrogens with zero attached hydrogens (tertiary/aromatic N) is 3. The highest BCUT2D eigenvalue weighted by Crippen LogP contribution is 2.39. The number of halogens is 2. The van der Waals surface area contributed by atoms with Crippen LogP contribution in [0.3, 0.4) is 0 Å². The summed E-state index contributed by atoms with van der Waals surface area (Å²) in [6, 6.07) is -0.258. The topological polar surface area (TPSA) is 136 Å². The first-order valence-electron chi connectivity index (χ1n) is 14.5. The third-order valence-electron chi connectivity index (χ3n) is 8.89. The number of rotatable bonds is 9. The molecular formula is C29H43F2N7O3. The molecule has 0 aromatic heterocycles. The summed E-state index contributed by atoms with van der Waals surface area (Å²) in [7, 11) is 1.67. The molecular weight excluding hydrogens is 532 g/mol. The number of allylic oxidation sites excluding steroid dienone is 3. The van der Waals surface area contributed by atoms with E-state index in [-0.39, 0.29) is 41.9 Å². The number of likely N-dealkylation sites (tertiary alicyclic amines) is 3. The Balaban J connectivity index is 1.55. The lowest BCUT2D eigenvalue weighted by atomic mass is 9.78. The van der Waals surface area contributed by atoms with Crippen molar-refractivity contribution >= 4 is 23.9 Å². The number of hydrogen-bond donors (Lipinski definition) is 5. The van der Waals surface area contributed by atoms with Crippen LogP contribution in [0.25, 0.3) is 0 Å². The minimum absolute atomic E-state index is 0.0326. The Bertz CT molecular complexity index is 1100. The Morgan fingerprint density at radius 2 is 1.88 bits per heavy atom. The molecule has 0 radical (unpaired) electrons. The Labute approximate surface area is 240 Å². The molecule has 12 heteroatoms. The van der Waals surface area contributed by atoms with Gasteiger partial charge in [0.25, 0.3) is 6.43 Å². The Kier molecular flexibility index (Phi) is 10.3. The van der Waals surface area contributed by atoms with Crippen molar-refractivity contribution in [2.24, 2.45) is 11.8 Å². The molecule has 5 N–H and O–H groups in total. The molecule has 3 fully saturated rings. The minimum atomic E-state index is -2.72. The molecule has 4 rings (SSSR count). The maximum atomic E-state index is 14.3. The van der Waals surface area contributed by atoms with Crippen molar-refractivity contribution in [2.45, 2.75) is 63.6 Å². The van der Waals surface area contributed by atoms with Gasteiger partial charge in [-0.15, -0.1) is 0 Å². The molecule has 4 atom stereocenters. The number of amides is 1. The van der Waals surface area contributed by atoms with Crippen LogP contribution < -0.4 is 10.6 Å². The van der Waals surface area contributed by atoms with Crippen LogP contribution in [0, 0.1) is 22.7 Å². The van der Waals surface area contributed by atoms with Gasteiger partial charge in [0.05, 0.1) is 12.6 Å². The molecule has 0 aromatic rings. The molecule has 4 unspecified atom stereocenters. The van der Waals surface area contributed by atoms with Crippen molar-refractivity contribution < 1.29 is 23.5 Å². The second-order valence-electron chi connectivity index (χ2n) is 11.5. The maximum Gasteiger partial charge on any atom is 0.317 e. The number of aliphatic carboxylic acids is 1. The molecule has 10 nitrogen and oxygen atoms in total. The highest BCUT2D eigenvalue weighted by Gasteiger charge is 2.42. The zero-order chi connectivity index (χ0) is 29.7. The van der Waals surface area contributed by atoms with Crippen molar-refractivity contribution in [3.8, 4) is 0 Å². The van der Waals surface area contributed by atoms with Crippen LogP contribution in [0.15, 0.2) is 35.1 Å². The quantitative estimate of drug-likeness (QED) is 0.210. The third kappa shape index (κ3) is 7.21. The van der Waals surface area contributed by atoms with Crippen molar-refractivity contribution in [1.82, 2.24) is 25.3 Å². The number of piperidine rings is 3. The van der Waals surface area contributed by atoms with E-state index in [1.54, 1.807) is 24.2 Å². The Hall–Kier alpha value is -3.12. The van der Waals surface area contributed by atoms with Crippen molar-refractivity contribution in [3.05, 3.63) is 35.1 Å². The fourth-order valence-electron chi connectivity index (χ4n) is 6.79. The number of alkyl halides is 2. The number of carbonyl (C=O) groups is 2. The fraction of sp³-hybridized carbons (Fsp3) is 0.655. The van der Waals surface area contributed by atoms with Gasteiger partial charge in [0, 0.05) is 94.2 Å². The summed E-state index contributed by atoms with van der Waals surface area (Å²) < 4.78 is 28.6. The standard InChI is InChI=1S/C29H43F2N7O3/c1-18(39)37-11-7-25(35-21-5-9-36(10-6-21)17-27(40)41)24(16-37)29(33)38-8-3-4-19-12-22(20(14-32)15-34-2)23(28(30)31)13-26(19)38/h12-15,19,21,24-26,28,32-35H,3-11,16-17H2,1-2H3,(H,40,41)/b20-15+,32-14?,33-29?. The van der Waals surface area contributed by atoms with Gasteiger partial charge in [-0.25, -0.2) is 8.78 Å². The molecule has 4 aliphatic rings. The van der Waals surface area contributed by atoms with Gasteiger partial charge in [0.1, 0.15) is 5.84 Å². The number of carbonyl (C=O) groups excluding carboxylic acids is 1. The normalized spacial score (nSPS) is 28.1. The van der Waals surface area contributed by atoms with Crippen LogP contribution in [-0.2, 0) is 9.59 Å². The molecule has 1 amide bonds. The monoisotopic (exact) mass is 575 g/mol. The number of amidine groups is 1. The molecule has 3 heterocycles. The lowest BCUT2D eigenvalue weighted by Gasteiger charge is -2.48. The summed E-state index contributed by atoms with van der Waals surface area (Å²) in [5, 5.41) is 32.8. The van der Waals surface area contributed by atoms with Gasteiger partial charge in [-0.3, -0.25) is 19.9 Å². The summed E-state index contributed by atoms with van der Waals surface area (Å²) in [6.45, 7) is 4.50. The van der Waals surface area contributed by atoms with Crippen molar-refractivity contribution in [3.63, 3.8) is 0 Å². The third-order valence-corrected chi connectivity index (χ3v) is 8.89. The summed E-state index contributed by atoms with van der Waals surface area (Å²) >= 11 is 0. The first-order valence-corrected chi connectivity index (χ1v) is 14.5. The van der Waals surface area contributed by atoms with E-state index in [1.807, 2.05) is 15.9 Å². The molecule has 0 bridgehead atoms. The summed E-state index contributed by atoms with van der Waals surface area (Å²) in [5.41, 5.74) is 0.647. The van der Waals surface area contributed by atoms with Gasteiger partial charge in [0.15, 0.2) is 0 Å². The van der Waals surface area contributed by atoms with Gasteiger partial charge >= 0.3 is 5.97 Å². The predicted molar refractivity (Wildman–Crippen MR) is 153 cm³/mol. The molecule has 3 saturated heterocycles. The van der Waals surface area contributed by atoms with Crippen molar-refractivity contribution in [1.29, 1.82) is 10.8 Å². The van der Waals surface area contributed by atoms with Crippen LogP contribution >= 0.6 is 0 Å². The van der Waals surface area contributed by atoms with Crippen LogP contribution in [0.4, 0.5) is 8.78 Å². The zero-order valence-electron chi connectivity index (χ0n) is 23.9. The number of carboxylic acid groups (broad SMARTS) is 1. The van der Waals surface area contributed by atoms with E-state index in [1.165, 1.54) is 6.92 Å². The van der Waals surface area contributed by atoms with E-state index in [0.717, 1.165) is 31.9 Å². The smallest absolute Gasteiger partial charge is 0.317 e. The minimum Gasteiger partial charge on any atom is -0.480 e. The molecule has 0 saturated carbocycles. The van der Waals surface area contributed by atoms with E-state index >= 15 is 0 Å². The van der Waals surface area contributed by atoms with Crippen molar-refractivity contribution in [2.75, 3.05) is 46.3 Å². The Morgan fingerprint density at radius 3 is 2.49 bits per heavy atom. The van der Waals surface area contributed by atoms with Gasteiger partial charge in [0.2, 0.25) is 5.91 Å². The molecule has 0 spiro atoms.